The molecule has 2 nitrogen and oxygen atoms in total. The number of carbonyl (C=O) groups excluding carboxylic acids is 1. The molecule has 0 unspecified atom stereocenters. The standard InChI is InChI=1S/C18H19NO/c1-14-8-10-16(11-9-14)18(20)13-19-12-4-6-15-5-2-3-7-17(15)19/h2-3,5,7-11H,4,6,12-13H2,1H3. The highest BCUT2D eigenvalue weighted by Crippen LogP contribution is 2.26. The molecule has 2 aromatic rings. The van der Waals surface area contributed by atoms with Gasteiger partial charge < -0.3 is 4.90 Å². The maximum Gasteiger partial charge on any atom is 0.182 e. The number of hydrogen-bond acceptors (Lipinski definition) is 2. The van der Waals surface area contributed by atoms with E-state index in [2.05, 4.69) is 23.1 Å². The largest absolute Gasteiger partial charge is 0.364 e. The van der Waals surface area contributed by atoms with E-state index < -0.39 is 0 Å². The summed E-state index contributed by atoms with van der Waals surface area (Å²) in [6, 6.07) is 16.3. The zero-order valence-electron chi connectivity index (χ0n) is 11.8. The van der Waals surface area contributed by atoms with Crippen molar-refractivity contribution in [3.8, 4) is 0 Å². The highest BCUT2D eigenvalue weighted by molar-refractivity contribution is 5.99. The molecule has 3 rings (SSSR count). The van der Waals surface area contributed by atoms with Crippen LogP contribution in [0.1, 0.15) is 27.9 Å². The minimum atomic E-state index is 0.196. The predicted octanol–water partition coefficient (Wildman–Crippen LogP) is 3.63. The minimum Gasteiger partial charge on any atom is -0.364 e. The number of carbonyl (C=O) groups is 1. The number of anilines is 1. The van der Waals surface area contributed by atoms with E-state index in [1.165, 1.54) is 16.8 Å². The Morgan fingerprint density at radius 2 is 1.85 bits per heavy atom. The van der Waals surface area contributed by atoms with E-state index in [-0.39, 0.29) is 5.78 Å². The third kappa shape index (κ3) is 2.60. The molecule has 0 bridgehead atoms. The summed E-state index contributed by atoms with van der Waals surface area (Å²) < 4.78 is 0. The summed E-state index contributed by atoms with van der Waals surface area (Å²) in [7, 11) is 0. The molecule has 0 atom stereocenters. The van der Waals surface area contributed by atoms with Gasteiger partial charge in [-0.2, -0.15) is 0 Å². The van der Waals surface area contributed by atoms with Crippen LogP contribution >= 0.6 is 0 Å². The molecule has 0 amide bonds. The predicted molar refractivity (Wildman–Crippen MR) is 82.5 cm³/mol. The van der Waals surface area contributed by atoms with Crippen LogP contribution < -0.4 is 4.90 Å². The molecule has 0 fully saturated rings. The molecule has 0 spiro atoms. The molecular weight excluding hydrogens is 246 g/mol. The van der Waals surface area contributed by atoms with E-state index in [1.807, 2.05) is 37.3 Å². The molecule has 0 aliphatic carbocycles. The first-order valence-corrected chi connectivity index (χ1v) is 7.17. The van der Waals surface area contributed by atoms with E-state index in [1.54, 1.807) is 0 Å². The summed E-state index contributed by atoms with van der Waals surface area (Å²) in [5.41, 5.74) is 4.57. The summed E-state index contributed by atoms with van der Waals surface area (Å²) in [6.45, 7) is 3.48. The van der Waals surface area contributed by atoms with Crippen LogP contribution in [0.2, 0.25) is 0 Å². The van der Waals surface area contributed by atoms with Gasteiger partial charge in [0.25, 0.3) is 0 Å². The Morgan fingerprint density at radius 1 is 1.10 bits per heavy atom. The van der Waals surface area contributed by atoms with Gasteiger partial charge in [-0.25, -0.2) is 0 Å². The topological polar surface area (TPSA) is 20.3 Å². The van der Waals surface area contributed by atoms with Crippen LogP contribution in [0.4, 0.5) is 5.69 Å². The average Bonchev–Trinajstić information content (AvgIpc) is 2.48. The zero-order valence-corrected chi connectivity index (χ0v) is 11.8. The van der Waals surface area contributed by atoms with Crippen molar-refractivity contribution in [1.29, 1.82) is 0 Å². The third-order valence-electron chi connectivity index (χ3n) is 3.91. The van der Waals surface area contributed by atoms with Crippen LogP contribution in [-0.4, -0.2) is 18.9 Å². The third-order valence-corrected chi connectivity index (χ3v) is 3.91. The first kappa shape index (κ1) is 12.9. The lowest BCUT2D eigenvalue weighted by molar-refractivity contribution is 0.0998. The number of fused-ring (bicyclic) bond motifs is 1. The lowest BCUT2D eigenvalue weighted by atomic mass is 10.0. The van der Waals surface area contributed by atoms with Crippen molar-refractivity contribution in [2.75, 3.05) is 18.0 Å². The number of nitrogens with zero attached hydrogens (tertiary/aromatic N) is 1. The average molecular weight is 265 g/mol. The van der Waals surface area contributed by atoms with Gasteiger partial charge in [0.15, 0.2) is 5.78 Å². The Labute approximate surface area is 120 Å². The second kappa shape index (κ2) is 5.49. The van der Waals surface area contributed by atoms with E-state index in [0.29, 0.717) is 6.54 Å². The van der Waals surface area contributed by atoms with Crippen molar-refractivity contribution in [3.05, 3.63) is 65.2 Å². The van der Waals surface area contributed by atoms with Gasteiger partial charge in [0.05, 0.1) is 6.54 Å². The fourth-order valence-corrected chi connectivity index (χ4v) is 2.78. The smallest absolute Gasteiger partial charge is 0.182 e. The quantitative estimate of drug-likeness (QED) is 0.790. The van der Waals surface area contributed by atoms with Gasteiger partial charge in [-0.05, 0) is 31.4 Å². The van der Waals surface area contributed by atoms with Crippen LogP contribution in [0.5, 0.6) is 0 Å². The normalized spacial score (nSPS) is 13.9. The highest BCUT2D eigenvalue weighted by Gasteiger charge is 2.19. The highest BCUT2D eigenvalue weighted by atomic mass is 16.1. The van der Waals surface area contributed by atoms with Gasteiger partial charge in [-0.1, -0.05) is 48.0 Å². The Kier molecular flexibility index (Phi) is 3.55. The van der Waals surface area contributed by atoms with Gasteiger partial charge in [-0.3, -0.25) is 4.79 Å². The molecule has 20 heavy (non-hydrogen) atoms. The second-order valence-electron chi connectivity index (χ2n) is 5.44. The Hall–Kier alpha value is -2.09. The van der Waals surface area contributed by atoms with Crippen molar-refractivity contribution < 1.29 is 4.79 Å². The van der Waals surface area contributed by atoms with Crippen molar-refractivity contribution in [2.45, 2.75) is 19.8 Å². The molecule has 0 saturated heterocycles. The maximum absolute atomic E-state index is 12.4. The summed E-state index contributed by atoms with van der Waals surface area (Å²) in [4.78, 5) is 14.6. The van der Waals surface area contributed by atoms with Crippen molar-refractivity contribution in [1.82, 2.24) is 0 Å². The number of aryl methyl sites for hydroxylation is 2. The van der Waals surface area contributed by atoms with Crippen LogP contribution in [0.3, 0.4) is 0 Å². The maximum atomic E-state index is 12.4. The Morgan fingerprint density at radius 3 is 2.65 bits per heavy atom. The summed E-state index contributed by atoms with van der Waals surface area (Å²) in [6.07, 6.45) is 2.24. The Balaban J connectivity index is 1.79. The number of hydrogen-bond donors (Lipinski definition) is 0. The van der Waals surface area contributed by atoms with E-state index in [0.717, 1.165) is 24.9 Å². The number of para-hydroxylation sites is 1. The monoisotopic (exact) mass is 265 g/mol. The molecule has 0 saturated carbocycles. The Bertz CT molecular complexity index is 616. The molecule has 1 heterocycles. The first-order chi connectivity index (χ1) is 9.74. The second-order valence-corrected chi connectivity index (χ2v) is 5.44. The fraction of sp³-hybridized carbons (Fsp3) is 0.278. The van der Waals surface area contributed by atoms with Crippen molar-refractivity contribution in [3.63, 3.8) is 0 Å². The van der Waals surface area contributed by atoms with Gasteiger partial charge in [0.1, 0.15) is 0 Å². The van der Waals surface area contributed by atoms with E-state index in [9.17, 15) is 4.79 Å². The number of benzene rings is 2. The van der Waals surface area contributed by atoms with Crippen LogP contribution in [0.15, 0.2) is 48.5 Å². The SMILES string of the molecule is Cc1ccc(C(=O)CN2CCCc3ccccc32)cc1. The van der Waals surface area contributed by atoms with Gasteiger partial charge in [0.2, 0.25) is 0 Å². The molecule has 2 aromatic carbocycles. The number of Topliss-reactive ketones (excluding diaryl/α,β-unsaturated/α-hetero) is 1. The summed E-state index contributed by atoms with van der Waals surface area (Å²) >= 11 is 0. The molecule has 1 aliphatic heterocycles. The van der Waals surface area contributed by atoms with Crippen molar-refractivity contribution in [2.24, 2.45) is 0 Å². The molecule has 102 valence electrons. The summed E-state index contributed by atoms with van der Waals surface area (Å²) in [5, 5.41) is 0. The summed E-state index contributed by atoms with van der Waals surface area (Å²) in [5.74, 6) is 0.196. The van der Waals surface area contributed by atoms with Gasteiger partial charge in [0, 0.05) is 17.8 Å². The van der Waals surface area contributed by atoms with Crippen LogP contribution in [0, 0.1) is 6.92 Å². The molecule has 0 radical (unpaired) electrons. The fourth-order valence-electron chi connectivity index (χ4n) is 2.78. The molecular formula is C18H19NO. The van der Waals surface area contributed by atoms with Crippen molar-refractivity contribution >= 4 is 11.5 Å². The molecule has 0 aromatic heterocycles. The van der Waals surface area contributed by atoms with Gasteiger partial charge in [-0.15, -0.1) is 0 Å². The lowest BCUT2D eigenvalue weighted by Crippen LogP contribution is -2.34. The first-order valence-electron chi connectivity index (χ1n) is 7.17. The van der Waals surface area contributed by atoms with Crippen LogP contribution in [0.25, 0.3) is 0 Å². The van der Waals surface area contributed by atoms with Gasteiger partial charge >= 0.3 is 0 Å². The van der Waals surface area contributed by atoms with E-state index in [4.69, 9.17) is 0 Å². The molecule has 2 heteroatoms. The molecule has 1 aliphatic rings. The van der Waals surface area contributed by atoms with Crippen LogP contribution in [-0.2, 0) is 6.42 Å². The number of ketones is 1. The number of rotatable bonds is 3. The minimum absolute atomic E-state index is 0.196. The van der Waals surface area contributed by atoms with E-state index >= 15 is 0 Å². The zero-order chi connectivity index (χ0) is 13.9. The molecule has 0 N–H and O–H groups in total. The lowest BCUT2D eigenvalue weighted by Gasteiger charge is -2.30.